The minimum absolute atomic E-state index is 0. The molecule has 0 aliphatic rings. The predicted octanol–water partition coefficient (Wildman–Crippen LogP) is 2.20. The van der Waals surface area contributed by atoms with Gasteiger partial charge in [0.1, 0.15) is 13.2 Å². The fourth-order valence-electron chi connectivity index (χ4n) is 1.79. The zero-order valence-corrected chi connectivity index (χ0v) is 17.6. The number of carbonyl (C=O) groups excluding carboxylic acids is 1. The third kappa shape index (κ3) is 8.89. The van der Waals surface area contributed by atoms with Crippen LogP contribution < -0.4 is 10.1 Å². The van der Waals surface area contributed by atoms with Crippen molar-refractivity contribution in [2.24, 2.45) is 4.99 Å². The van der Waals surface area contributed by atoms with Crippen molar-refractivity contribution in [3.8, 4) is 5.75 Å². The molecule has 142 valence electrons. The molecule has 1 rings (SSSR count). The number of rotatable bonds is 8. The van der Waals surface area contributed by atoms with E-state index in [1.165, 1.54) is 11.0 Å². The van der Waals surface area contributed by atoms with E-state index in [1.54, 1.807) is 32.3 Å². The number of ether oxygens (including phenoxy) is 1. The van der Waals surface area contributed by atoms with Gasteiger partial charge in [0, 0.05) is 27.7 Å². The molecule has 0 aliphatic heterocycles. The highest BCUT2D eigenvalue weighted by atomic mass is 127. The Labute approximate surface area is 166 Å². The zero-order valence-electron chi connectivity index (χ0n) is 15.3. The molecule has 25 heavy (non-hydrogen) atoms. The largest absolute Gasteiger partial charge is 0.489 e. The number of nitrogens with one attached hydrogen (secondary N) is 1. The Hall–Kier alpha value is -1.58. The Balaban J connectivity index is 0.00000576. The maximum Gasteiger partial charge on any atom is 0.243 e. The molecule has 1 amide bonds. The van der Waals surface area contributed by atoms with Crippen molar-refractivity contribution in [2.45, 2.75) is 13.3 Å². The van der Waals surface area contributed by atoms with Crippen molar-refractivity contribution >= 4 is 35.8 Å². The number of hydrogen-bond donors (Lipinski definition) is 1. The van der Waals surface area contributed by atoms with Gasteiger partial charge >= 0.3 is 0 Å². The molecule has 0 heterocycles. The molecule has 0 spiro atoms. The van der Waals surface area contributed by atoms with E-state index in [0.717, 1.165) is 13.0 Å². The number of benzene rings is 1. The lowest BCUT2D eigenvalue weighted by Gasteiger charge is -2.22. The van der Waals surface area contributed by atoms with Crippen LogP contribution in [0.1, 0.15) is 13.3 Å². The van der Waals surface area contributed by atoms with Crippen molar-refractivity contribution in [2.75, 3.05) is 47.4 Å². The average molecular weight is 466 g/mol. The maximum atomic E-state index is 13.5. The molecule has 1 N–H and O–H groups in total. The molecular weight excluding hydrogens is 438 g/mol. The molecular formula is C17H28FIN4O2. The number of likely N-dealkylation sites (N-methyl/N-ethyl adjacent to an activating group) is 2. The van der Waals surface area contributed by atoms with Crippen LogP contribution in [0.2, 0.25) is 0 Å². The second-order valence-electron chi connectivity index (χ2n) is 5.56. The van der Waals surface area contributed by atoms with Gasteiger partial charge in [-0.2, -0.15) is 0 Å². The van der Waals surface area contributed by atoms with Gasteiger partial charge in [0.2, 0.25) is 5.91 Å². The Morgan fingerprint density at radius 2 is 1.96 bits per heavy atom. The molecule has 0 aromatic heterocycles. The molecule has 1 aromatic carbocycles. The summed E-state index contributed by atoms with van der Waals surface area (Å²) in [4.78, 5) is 19.4. The summed E-state index contributed by atoms with van der Waals surface area (Å²) in [6, 6.07) is 6.30. The molecule has 0 saturated heterocycles. The lowest BCUT2D eigenvalue weighted by Crippen LogP contribution is -2.42. The van der Waals surface area contributed by atoms with Gasteiger partial charge in [-0.3, -0.25) is 4.79 Å². The first-order chi connectivity index (χ1) is 11.5. The standard InChI is InChI=1S/C17H27FN4O2.HI/c1-5-10-19-17(20-13-16(23)21(2)3)22(4)11-12-24-15-9-7-6-8-14(15)18;/h6-9H,5,10-13H2,1-4H3,(H,19,20);1H. The summed E-state index contributed by atoms with van der Waals surface area (Å²) < 4.78 is 19.0. The van der Waals surface area contributed by atoms with Gasteiger partial charge in [0.05, 0.1) is 6.54 Å². The van der Waals surface area contributed by atoms with E-state index in [1.807, 2.05) is 11.9 Å². The van der Waals surface area contributed by atoms with Crippen LogP contribution in [0.3, 0.4) is 0 Å². The third-order valence-corrected chi connectivity index (χ3v) is 3.28. The third-order valence-electron chi connectivity index (χ3n) is 3.28. The molecule has 0 atom stereocenters. The lowest BCUT2D eigenvalue weighted by molar-refractivity contribution is -0.127. The number of guanidine groups is 1. The van der Waals surface area contributed by atoms with E-state index < -0.39 is 0 Å². The second kappa shape index (κ2) is 12.7. The van der Waals surface area contributed by atoms with Crippen LogP contribution in [0.15, 0.2) is 29.3 Å². The highest BCUT2D eigenvalue weighted by molar-refractivity contribution is 14.0. The first kappa shape index (κ1) is 23.4. The number of hydrogen-bond acceptors (Lipinski definition) is 3. The van der Waals surface area contributed by atoms with Crippen LogP contribution in [0.25, 0.3) is 0 Å². The van der Waals surface area contributed by atoms with Crippen LogP contribution in [-0.2, 0) is 4.79 Å². The van der Waals surface area contributed by atoms with E-state index in [2.05, 4.69) is 17.2 Å². The average Bonchev–Trinajstić information content (AvgIpc) is 2.56. The number of aliphatic imine (C=N–C) groups is 1. The van der Waals surface area contributed by atoms with Crippen LogP contribution in [0, 0.1) is 5.82 Å². The summed E-state index contributed by atoms with van der Waals surface area (Å²) in [5, 5.41) is 3.20. The second-order valence-corrected chi connectivity index (χ2v) is 5.56. The molecule has 0 aliphatic carbocycles. The molecule has 0 radical (unpaired) electrons. The van der Waals surface area contributed by atoms with E-state index in [9.17, 15) is 9.18 Å². The molecule has 6 nitrogen and oxygen atoms in total. The number of para-hydroxylation sites is 1. The SMILES string of the molecule is CCCNC(=NCC(=O)N(C)C)N(C)CCOc1ccccc1F.I. The lowest BCUT2D eigenvalue weighted by atomic mass is 10.3. The summed E-state index contributed by atoms with van der Waals surface area (Å²) >= 11 is 0. The first-order valence-electron chi connectivity index (χ1n) is 8.02. The number of halogens is 2. The summed E-state index contributed by atoms with van der Waals surface area (Å²) in [6.45, 7) is 3.72. The van der Waals surface area contributed by atoms with E-state index in [4.69, 9.17) is 4.74 Å². The van der Waals surface area contributed by atoms with Crippen molar-refractivity contribution in [3.63, 3.8) is 0 Å². The number of nitrogens with zero attached hydrogens (tertiary/aromatic N) is 3. The van der Waals surface area contributed by atoms with Crippen molar-refractivity contribution in [1.29, 1.82) is 0 Å². The summed E-state index contributed by atoms with van der Waals surface area (Å²) in [6.07, 6.45) is 0.945. The number of amides is 1. The normalized spacial score (nSPS) is 10.7. The fraction of sp³-hybridized carbons (Fsp3) is 0.529. The summed E-state index contributed by atoms with van der Waals surface area (Å²) in [5.74, 6) is 0.411. The maximum absolute atomic E-state index is 13.5. The van der Waals surface area contributed by atoms with Gasteiger partial charge in [-0.05, 0) is 18.6 Å². The Bertz CT molecular complexity index is 555. The van der Waals surface area contributed by atoms with Crippen LogP contribution in [0.4, 0.5) is 4.39 Å². The Morgan fingerprint density at radius 1 is 1.28 bits per heavy atom. The van der Waals surface area contributed by atoms with Gasteiger partial charge < -0.3 is 19.9 Å². The summed E-state index contributed by atoms with van der Waals surface area (Å²) in [7, 11) is 5.25. The van der Waals surface area contributed by atoms with Crippen molar-refractivity contribution in [1.82, 2.24) is 15.1 Å². The van der Waals surface area contributed by atoms with E-state index >= 15 is 0 Å². The van der Waals surface area contributed by atoms with Gasteiger partial charge in [-0.1, -0.05) is 19.1 Å². The van der Waals surface area contributed by atoms with Crippen molar-refractivity contribution in [3.05, 3.63) is 30.1 Å². The molecule has 0 unspecified atom stereocenters. The molecule has 1 aromatic rings. The Kier molecular flexibility index (Phi) is 11.9. The smallest absolute Gasteiger partial charge is 0.243 e. The van der Waals surface area contributed by atoms with E-state index in [0.29, 0.717) is 19.1 Å². The van der Waals surface area contributed by atoms with Crippen molar-refractivity contribution < 1.29 is 13.9 Å². The van der Waals surface area contributed by atoms with Gasteiger partial charge in [0.25, 0.3) is 0 Å². The molecule has 0 bridgehead atoms. The molecule has 0 fully saturated rings. The van der Waals surface area contributed by atoms with Gasteiger partial charge in [0.15, 0.2) is 17.5 Å². The van der Waals surface area contributed by atoms with Crippen LogP contribution >= 0.6 is 24.0 Å². The highest BCUT2D eigenvalue weighted by Gasteiger charge is 2.09. The van der Waals surface area contributed by atoms with Crippen LogP contribution in [-0.4, -0.2) is 69.1 Å². The Morgan fingerprint density at radius 3 is 2.56 bits per heavy atom. The van der Waals surface area contributed by atoms with Gasteiger partial charge in [-0.15, -0.1) is 24.0 Å². The van der Waals surface area contributed by atoms with Gasteiger partial charge in [-0.25, -0.2) is 9.38 Å². The fourth-order valence-corrected chi connectivity index (χ4v) is 1.79. The predicted molar refractivity (Wildman–Crippen MR) is 109 cm³/mol. The zero-order chi connectivity index (χ0) is 17.9. The number of carbonyl (C=O) groups is 1. The first-order valence-corrected chi connectivity index (χ1v) is 8.02. The topological polar surface area (TPSA) is 57.2 Å². The minimum Gasteiger partial charge on any atom is -0.489 e. The minimum atomic E-state index is -0.380. The quantitative estimate of drug-likeness (QED) is 0.363. The summed E-state index contributed by atoms with van der Waals surface area (Å²) in [5.41, 5.74) is 0. The monoisotopic (exact) mass is 466 g/mol. The molecule has 8 heteroatoms. The van der Waals surface area contributed by atoms with E-state index in [-0.39, 0.29) is 48.0 Å². The molecule has 0 saturated carbocycles. The highest BCUT2D eigenvalue weighted by Crippen LogP contribution is 2.14. The van der Waals surface area contributed by atoms with Crippen LogP contribution in [0.5, 0.6) is 5.75 Å².